The molecule has 11 heteroatoms. The van der Waals surface area contributed by atoms with Crippen LogP contribution in [0.4, 0.5) is 4.39 Å². The maximum absolute atomic E-state index is 13.2. The lowest BCUT2D eigenvalue weighted by Gasteiger charge is -2.12. The van der Waals surface area contributed by atoms with E-state index in [0.717, 1.165) is 11.1 Å². The fourth-order valence-corrected chi connectivity index (χ4v) is 3.83. The van der Waals surface area contributed by atoms with Gasteiger partial charge in [-0.3, -0.25) is 19.0 Å². The molecule has 4 aromatic rings. The van der Waals surface area contributed by atoms with Gasteiger partial charge in [0.2, 0.25) is 17.6 Å². The van der Waals surface area contributed by atoms with Crippen LogP contribution >= 0.6 is 0 Å². The van der Waals surface area contributed by atoms with Gasteiger partial charge >= 0.3 is 5.69 Å². The van der Waals surface area contributed by atoms with Gasteiger partial charge in [0.25, 0.3) is 5.56 Å². The zero-order chi connectivity index (χ0) is 25.8. The van der Waals surface area contributed by atoms with Crippen LogP contribution < -0.4 is 21.9 Å². The van der Waals surface area contributed by atoms with Gasteiger partial charge in [0.05, 0.1) is 10.9 Å². The molecule has 2 aromatic carbocycles. The first-order valence-corrected chi connectivity index (χ1v) is 11.7. The average Bonchev–Trinajstić information content (AvgIpc) is 3.19. The van der Waals surface area contributed by atoms with Gasteiger partial charge in [-0.2, -0.15) is 0 Å². The molecule has 2 aromatic heterocycles. The van der Waals surface area contributed by atoms with E-state index < -0.39 is 11.6 Å². The highest BCUT2D eigenvalue weighted by Gasteiger charge is 2.19. The zero-order valence-corrected chi connectivity index (χ0v) is 20.0. The van der Waals surface area contributed by atoms with Crippen LogP contribution in [-0.4, -0.2) is 36.6 Å². The van der Waals surface area contributed by atoms with Crippen LogP contribution in [0.2, 0.25) is 0 Å². The van der Waals surface area contributed by atoms with Gasteiger partial charge in [-0.05, 0) is 43.2 Å². The molecule has 1 atom stereocenters. The fraction of sp³-hybridized carbons (Fsp3) is 0.320. The summed E-state index contributed by atoms with van der Waals surface area (Å²) in [7, 11) is 0. The molecule has 36 heavy (non-hydrogen) atoms. The van der Waals surface area contributed by atoms with Crippen molar-refractivity contribution in [3.63, 3.8) is 0 Å². The van der Waals surface area contributed by atoms with E-state index in [2.05, 4.69) is 15.7 Å². The average molecular weight is 495 g/mol. The third-order valence-corrected chi connectivity index (χ3v) is 5.96. The SMILES string of the molecule is CCC(C)NC(=O)CCn1c(=O)c2ccccc2n2c(=O)n(CC(=O)NCc3ccc(F)cc3)nc12. The van der Waals surface area contributed by atoms with Crippen molar-refractivity contribution in [3.8, 4) is 0 Å². The Morgan fingerprint density at radius 2 is 1.78 bits per heavy atom. The molecule has 0 radical (unpaired) electrons. The molecular weight excluding hydrogens is 467 g/mol. The number of amides is 2. The summed E-state index contributed by atoms with van der Waals surface area (Å²) < 4.78 is 16.6. The van der Waals surface area contributed by atoms with E-state index in [0.29, 0.717) is 16.5 Å². The predicted molar refractivity (Wildman–Crippen MR) is 132 cm³/mol. The number of carbonyl (C=O) groups excluding carboxylic acids is 2. The van der Waals surface area contributed by atoms with Gasteiger partial charge in [0, 0.05) is 25.6 Å². The predicted octanol–water partition coefficient (Wildman–Crippen LogP) is 1.57. The van der Waals surface area contributed by atoms with Crippen molar-refractivity contribution >= 4 is 28.5 Å². The van der Waals surface area contributed by atoms with E-state index in [1.165, 1.54) is 21.1 Å². The third-order valence-electron chi connectivity index (χ3n) is 5.96. The minimum absolute atomic E-state index is 0.00101. The number of aryl methyl sites for hydroxylation is 1. The van der Waals surface area contributed by atoms with Crippen molar-refractivity contribution in [3.05, 3.63) is 80.7 Å². The van der Waals surface area contributed by atoms with Crippen LogP contribution in [0.15, 0.2) is 58.1 Å². The molecule has 0 saturated heterocycles. The first-order valence-electron chi connectivity index (χ1n) is 11.7. The lowest BCUT2D eigenvalue weighted by molar-refractivity contribution is -0.122. The molecule has 1 unspecified atom stereocenters. The lowest BCUT2D eigenvalue weighted by Crippen LogP contribution is -2.34. The quantitative estimate of drug-likeness (QED) is 0.366. The third kappa shape index (κ3) is 5.19. The standard InChI is InChI=1S/C25H27FN6O4/c1-3-16(2)28-21(33)12-13-30-23(35)19-6-4-5-7-20(19)32-24(30)29-31(25(32)36)15-22(34)27-14-17-8-10-18(26)11-9-17/h4-11,16H,3,12-15H2,1-2H3,(H,27,34)(H,28,33). The van der Waals surface area contributed by atoms with Gasteiger partial charge < -0.3 is 10.6 Å². The van der Waals surface area contributed by atoms with Gasteiger partial charge in [-0.1, -0.05) is 31.2 Å². The number of halogens is 1. The number of rotatable bonds is 9. The molecule has 2 amide bonds. The minimum atomic E-state index is -0.587. The van der Waals surface area contributed by atoms with Crippen molar-refractivity contribution in [2.45, 2.75) is 52.4 Å². The highest BCUT2D eigenvalue weighted by atomic mass is 19.1. The van der Waals surface area contributed by atoms with Crippen LogP contribution in [0, 0.1) is 5.82 Å². The Kier molecular flexibility index (Phi) is 7.28. The number of nitrogens with zero attached hydrogens (tertiary/aromatic N) is 4. The summed E-state index contributed by atoms with van der Waals surface area (Å²) >= 11 is 0. The normalized spacial score (nSPS) is 12.1. The fourth-order valence-electron chi connectivity index (χ4n) is 3.83. The van der Waals surface area contributed by atoms with Gasteiger partial charge in [0.1, 0.15) is 12.4 Å². The first-order chi connectivity index (χ1) is 17.3. The highest BCUT2D eigenvalue weighted by molar-refractivity contribution is 5.80. The van der Waals surface area contributed by atoms with Crippen LogP contribution in [0.1, 0.15) is 32.3 Å². The second kappa shape index (κ2) is 10.5. The molecule has 0 aliphatic heterocycles. The number of benzene rings is 2. The minimum Gasteiger partial charge on any atom is -0.354 e. The summed E-state index contributed by atoms with van der Waals surface area (Å²) in [5.41, 5.74) is 0.0895. The van der Waals surface area contributed by atoms with E-state index in [-0.39, 0.29) is 55.2 Å². The van der Waals surface area contributed by atoms with Gasteiger partial charge in [0.15, 0.2) is 0 Å². The Morgan fingerprint density at radius 1 is 1.06 bits per heavy atom. The van der Waals surface area contributed by atoms with Gasteiger partial charge in [-0.25, -0.2) is 18.3 Å². The maximum Gasteiger partial charge on any atom is 0.352 e. The van der Waals surface area contributed by atoms with E-state index in [1.807, 2.05) is 13.8 Å². The molecule has 4 rings (SSSR count). The Bertz CT molecular complexity index is 1540. The summed E-state index contributed by atoms with van der Waals surface area (Å²) in [6.07, 6.45) is 0.798. The molecule has 0 saturated carbocycles. The van der Waals surface area contributed by atoms with Crippen molar-refractivity contribution < 1.29 is 14.0 Å². The number of aromatic nitrogens is 4. The molecule has 188 valence electrons. The maximum atomic E-state index is 13.2. The molecule has 0 aliphatic rings. The Balaban J connectivity index is 1.64. The first kappa shape index (κ1) is 24.8. The molecule has 0 bridgehead atoms. The zero-order valence-electron chi connectivity index (χ0n) is 20.0. The largest absolute Gasteiger partial charge is 0.354 e. The lowest BCUT2D eigenvalue weighted by atomic mass is 10.2. The second-order valence-electron chi connectivity index (χ2n) is 8.58. The number of fused-ring (bicyclic) bond motifs is 3. The highest BCUT2D eigenvalue weighted by Crippen LogP contribution is 2.11. The number of nitrogens with one attached hydrogen (secondary N) is 2. The van der Waals surface area contributed by atoms with Gasteiger partial charge in [-0.15, -0.1) is 5.10 Å². The van der Waals surface area contributed by atoms with Crippen molar-refractivity contribution in [1.29, 1.82) is 0 Å². The molecule has 0 fully saturated rings. The molecular formula is C25H27FN6O4. The van der Waals surface area contributed by atoms with Crippen molar-refractivity contribution in [2.75, 3.05) is 0 Å². The molecule has 0 spiro atoms. The van der Waals surface area contributed by atoms with E-state index in [4.69, 9.17) is 0 Å². The smallest absolute Gasteiger partial charge is 0.352 e. The summed E-state index contributed by atoms with van der Waals surface area (Å²) in [4.78, 5) is 51.3. The van der Waals surface area contributed by atoms with Crippen molar-refractivity contribution in [1.82, 2.24) is 29.4 Å². The number of para-hydroxylation sites is 1. The monoisotopic (exact) mass is 494 g/mol. The Hall–Kier alpha value is -4.28. The number of hydrogen-bond donors (Lipinski definition) is 2. The van der Waals surface area contributed by atoms with Crippen LogP contribution in [0.25, 0.3) is 16.7 Å². The summed E-state index contributed by atoms with van der Waals surface area (Å²) in [5.74, 6) is -1.02. The topological polar surface area (TPSA) is 120 Å². The van der Waals surface area contributed by atoms with Crippen LogP contribution in [0.5, 0.6) is 0 Å². The molecule has 10 nitrogen and oxygen atoms in total. The van der Waals surface area contributed by atoms with Crippen LogP contribution in [-0.2, 0) is 29.2 Å². The van der Waals surface area contributed by atoms with E-state index in [1.54, 1.807) is 36.4 Å². The van der Waals surface area contributed by atoms with Crippen LogP contribution in [0.3, 0.4) is 0 Å². The molecule has 2 heterocycles. The second-order valence-corrected chi connectivity index (χ2v) is 8.58. The summed E-state index contributed by atoms with van der Waals surface area (Å²) in [6.45, 7) is 3.64. The number of hydrogen-bond acceptors (Lipinski definition) is 5. The molecule has 0 aliphatic carbocycles. The Labute approximate surface area is 205 Å². The summed E-state index contributed by atoms with van der Waals surface area (Å²) in [5, 5.41) is 10.1. The Morgan fingerprint density at radius 3 is 2.50 bits per heavy atom. The van der Waals surface area contributed by atoms with E-state index in [9.17, 15) is 23.6 Å². The van der Waals surface area contributed by atoms with Crippen molar-refractivity contribution in [2.24, 2.45) is 0 Å². The number of carbonyl (C=O) groups is 2. The molecule has 2 N–H and O–H groups in total. The summed E-state index contributed by atoms with van der Waals surface area (Å²) in [6, 6.07) is 12.3. The van der Waals surface area contributed by atoms with E-state index >= 15 is 0 Å².